The first kappa shape index (κ1) is 14.4. The van der Waals surface area contributed by atoms with Gasteiger partial charge in [-0.15, -0.1) is 0 Å². The van der Waals surface area contributed by atoms with Crippen molar-refractivity contribution in [1.82, 2.24) is 4.98 Å². The summed E-state index contributed by atoms with van der Waals surface area (Å²) in [7, 11) is 0. The number of anilines is 1. The molecule has 0 fully saturated rings. The number of aliphatic hydroxyl groups is 1. The second kappa shape index (κ2) is 6.96. The van der Waals surface area contributed by atoms with Crippen molar-refractivity contribution in [2.24, 2.45) is 5.73 Å². The van der Waals surface area contributed by atoms with Crippen LogP contribution in [0.25, 0.3) is 0 Å². The quantitative estimate of drug-likeness (QED) is 0.503. The molecule has 1 aromatic rings. The Kier molecular flexibility index (Phi) is 5.58. The molecule has 1 aromatic heterocycles. The minimum atomic E-state index is 0.0290. The summed E-state index contributed by atoms with van der Waals surface area (Å²) in [5, 5.41) is 16.8. The minimum absolute atomic E-state index is 0.0290. The molecule has 0 aliphatic carbocycles. The van der Waals surface area contributed by atoms with Gasteiger partial charge in [0.1, 0.15) is 5.84 Å². The smallest absolute Gasteiger partial charge is 0.125 e. The minimum Gasteiger partial charge on any atom is -0.395 e. The molecule has 100 valence electrons. The summed E-state index contributed by atoms with van der Waals surface area (Å²) in [6, 6.07) is 2.06. The largest absolute Gasteiger partial charge is 0.395 e. The predicted molar refractivity (Wildman–Crippen MR) is 74.1 cm³/mol. The van der Waals surface area contributed by atoms with E-state index in [1.54, 1.807) is 18.5 Å². The number of pyridine rings is 1. The fourth-order valence-electron chi connectivity index (χ4n) is 2.18. The number of hydrogen-bond acceptors (Lipinski definition) is 4. The number of aliphatic hydroxyl groups excluding tert-OH is 1. The molecule has 0 saturated carbocycles. The third-order valence-electron chi connectivity index (χ3n) is 3.12. The van der Waals surface area contributed by atoms with E-state index in [1.807, 2.05) is 0 Å². The van der Waals surface area contributed by atoms with Crippen LogP contribution in [0.15, 0.2) is 18.5 Å². The van der Waals surface area contributed by atoms with Crippen molar-refractivity contribution < 1.29 is 5.11 Å². The zero-order valence-corrected chi connectivity index (χ0v) is 11.1. The molecule has 1 heterocycles. The van der Waals surface area contributed by atoms with Gasteiger partial charge in [0.25, 0.3) is 0 Å². The Morgan fingerprint density at radius 3 is 2.67 bits per heavy atom. The standard InChI is InChI=1S/C13H22N4O/c1-3-10(4-2)17(7-8-18)12-9-16-6-5-11(12)13(14)15/h5-6,9-10,18H,3-4,7-8H2,1-2H3,(H3,14,15). The van der Waals surface area contributed by atoms with E-state index in [9.17, 15) is 5.11 Å². The SMILES string of the molecule is CCC(CC)N(CCO)c1cnccc1C(=N)N. The molecule has 4 N–H and O–H groups in total. The number of nitrogens with two attached hydrogens (primary N) is 1. The van der Waals surface area contributed by atoms with Gasteiger partial charge in [0, 0.05) is 24.3 Å². The van der Waals surface area contributed by atoms with Gasteiger partial charge in [0.2, 0.25) is 0 Å². The van der Waals surface area contributed by atoms with Gasteiger partial charge in [-0.3, -0.25) is 10.4 Å². The normalized spacial score (nSPS) is 10.7. The Bertz CT molecular complexity index is 390. The number of amidine groups is 1. The van der Waals surface area contributed by atoms with Gasteiger partial charge in [-0.25, -0.2) is 0 Å². The highest BCUT2D eigenvalue weighted by Gasteiger charge is 2.19. The third-order valence-corrected chi connectivity index (χ3v) is 3.12. The number of hydrogen-bond donors (Lipinski definition) is 3. The van der Waals surface area contributed by atoms with Crippen LogP contribution in [0.3, 0.4) is 0 Å². The molecular weight excluding hydrogens is 228 g/mol. The van der Waals surface area contributed by atoms with Gasteiger partial charge in [-0.05, 0) is 18.9 Å². The average Bonchev–Trinajstić information content (AvgIpc) is 2.39. The molecule has 0 saturated heterocycles. The summed E-state index contributed by atoms with van der Waals surface area (Å²) in [5.41, 5.74) is 7.10. The molecule has 0 aromatic carbocycles. The molecule has 0 unspecified atom stereocenters. The van der Waals surface area contributed by atoms with Crippen LogP contribution >= 0.6 is 0 Å². The van der Waals surface area contributed by atoms with Gasteiger partial charge in [0.05, 0.1) is 18.5 Å². The van der Waals surface area contributed by atoms with E-state index in [0.29, 0.717) is 18.2 Å². The topological polar surface area (TPSA) is 86.2 Å². The lowest BCUT2D eigenvalue weighted by Gasteiger charge is -2.33. The zero-order chi connectivity index (χ0) is 13.5. The van der Waals surface area contributed by atoms with Gasteiger partial charge in [-0.2, -0.15) is 0 Å². The Morgan fingerprint density at radius 1 is 1.50 bits per heavy atom. The highest BCUT2D eigenvalue weighted by atomic mass is 16.3. The number of nitrogens with one attached hydrogen (secondary N) is 1. The number of nitrogens with zero attached hydrogens (tertiary/aromatic N) is 2. The van der Waals surface area contributed by atoms with Crippen LogP contribution < -0.4 is 10.6 Å². The first-order valence-electron chi connectivity index (χ1n) is 6.31. The molecule has 0 spiro atoms. The fourth-order valence-corrected chi connectivity index (χ4v) is 2.18. The van der Waals surface area contributed by atoms with E-state index < -0.39 is 0 Å². The maximum Gasteiger partial charge on any atom is 0.125 e. The van der Waals surface area contributed by atoms with Crippen LogP contribution in [0, 0.1) is 5.41 Å². The Hall–Kier alpha value is -1.62. The number of nitrogen functional groups attached to an aromatic ring is 1. The lowest BCUT2D eigenvalue weighted by atomic mass is 10.1. The van der Waals surface area contributed by atoms with Crippen molar-refractivity contribution in [1.29, 1.82) is 5.41 Å². The molecule has 18 heavy (non-hydrogen) atoms. The van der Waals surface area contributed by atoms with Crippen molar-refractivity contribution in [3.05, 3.63) is 24.0 Å². The zero-order valence-electron chi connectivity index (χ0n) is 11.1. The second-order valence-electron chi connectivity index (χ2n) is 4.19. The van der Waals surface area contributed by atoms with Gasteiger partial charge < -0.3 is 15.7 Å². The Labute approximate surface area is 108 Å². The van der Waals surface area contributed by atoms with Crippen molar-refractivity contribution in [2.45, 2.75) is 32.7 Å². The first-order valence-corrected chi connectivity index (χ1v) is 6.31. The molecule has 5 nitrogen and oxygen atoms in total. The summed E-state index contributed by atoms with van der Waals surface area (Å²) < 4.78 is 0. The Morgan fingerprint density at radius 2 is 2.17 bits per heavy atom. The van der Waals surface area contributed by atoms with Crippen molar-refractivity contribution >= 4 is 11.5 Å². The number of rotatable bonds is 7. The van der Waals surface area contributed by atoms with Crippen LogP contribution in [0.2, 0.25) is 0 Å². The summed E-state index contributed by atoms with van der Waals surface area (Å²) in [4.78, 5) is 6.19. The molecule has 1 rings (SSSR count). The monoisotopic (exact) mass is 250 g/mol. The summed E-state index contributed by atoms with van der Waals surface area (Å²) in [6.45, 7) is 4.83. The Balaban J connectivity index is 3.16. The lowest BCUT2D eigenvalue weighted by Crippen LogP contribution is -2.38. The van der Waals surface area contributed by atoms with Crippen molar-refractivity contribution in [2.75, 3.05) is 18.1 Å². The van der Waals surface area contributed by atoms with Crippen molar-refractivity contribution in [3.63, 3.8) is 0 Å². The lowest BCUT2D eigenvalue weighted by molar-refractivity contribution is 0.296. The molecule has 5 heteroatoms. The van der Waals surface area contributed by atoms with Gasteiger partial charge in [0.15, 0.2) is 0 Å². The van der Waals surface area contributed by atoms with Gasteiger partial charge in [-0.1, -0.05) is 13.8 Å². The van der Waals surface area contributed by atoms with Crippen LogP contribution in [-0.2, 0) is 0 Å². The van der Waals surface area contributed by atoms with E-state index in [-0.39, 0.29) is 12.4 Å². The number of aromatic nitrogens is 1. The summed E-state index contributed by atoms with van der Waals surface area (Å²) in [5.74, 6) is 0.0290. The van der Waals surface area contributed by atoms with E-state index in [0.717, 1.165) is 18.5 Å². The highest BCUT2D eigenvalue weighted by molar-refractivity contribution is 6.00. The van der Waals surface area contributed by atoms with Gasteiger partial charge >= 0.3 is 0 Å². The maximum absolute atomic E-state index is 9.22. The average molecular weight is 250 g/mol. The van der Waals surface area contributed by atoms with Crippen LogP contribution in [0.1, 0.15) is 32.3 Å². The maximum atomic E-state index is 9.22. The summed E-state index contributed by atoms with van der Waals surface area (Å²) >= 11 is 0. The third kappa shape index (κ3) is 3.20. The van der Waals surface area contributed by atoms with Crippen LogP contribution in [0.4, 0.5) is 5.69 Å². The molecule has 0 amide bonds. The molecule has 0 atom stereocenters. The van der Waals surface area contributed by atoms with E-state index >= 15 is 0 Å². The highest BCUT2D eigenvalue weighted by Crippen LogP contribution is 2.23. The van der Waals surface area contributed by atoms with Crippen LogP contribution in [0.5, 0.6) is 0 Å². The molecule has 0 bridgehead atoms. The second-order valence-corrected chi connectivity index (χ2v) is 4.19. The molecule has 0 radical (unpaired) electrons. The van der Waals surface area contributed by atoms with E-state index in [4.69, 9.17) is 11.1 Å². The fraction of sp³-hybridized carbons (Fsp3) is 0.538. The summed E-state index contributed by atoms with van der Waals surface area (Å²) in [6.07, 6.45) is 5.29. The van der Waals surface area contributed by atoms with E-state index in [2.05, 4.69) is 23.7 Å². The first-order chi connectivity index (χ1) is 8.65. The van der Waals surface area contributed by atoms with Crippen molar-refractivity contribution in [3.8, 4) is 0 Å². The molecule has 0 aliphatic rings. The van der Waals surface area contributed by atoms with Crippen LogP contribution in [-0.4, -0.2) is 35.1 Å². The molecule has 0 aliphatic heterocycles. The predicted octanol–water partition coefficient (Wildman–Crippen LogP) is 1.35. The van der Waals surface area contributed by atoms with E-state index in [1.165, 1.54) is 0 Å². The molecular formula is C13H22N4O.